The second-order valence-electron chi connectivity index (χ2n) is 5.04. The number of aromatic nitrogens is 2. The van der Waals surface area contributed by atoms with Gasteiger partial charge in [0.1, 0.15) is 5.82 Å². The van der Waals surface area contributed by atoms with Crippen LogP contribution in [0.1, 0.15) is 5.56 Å². The maximum atomic E-state index is 12.1. The van der Waals surface area contributed by atoms with E-state index in [9.17, 15) is 4.79 Å². The van der Waals surface area contributed by atoms with Crippen molar-refractivity contribution in [1.82, 2.24) is 9.78 Å². The number of amides is 2. The molecule has 24 heavy (non-hydrogen) atoms. The van der Waals surface area contributed by atoms with Crippen LogP contribution in [0.4, 0.5) is 16.3 Å². The molecular weight excluding hydrogens is 328 g/mol. The molecule has 0 atom stereocenters. The summed E-state index contributed by atoms with van der Waals surface area (Å²) < 4.78 is 1.60. The second-order valence-corrected chi connectivity index (χ2v) is 5.48. The molecule has 0 spiro atoms. The summed E-state index contributed by atoms with van der Waals surface area (Å²) >= 11 is 5.82. The van der Waals surface area contributed by atoms with E-state index in [1.165, 1.54) is 0 Å². The summed E-state index contributed by atoms with van der Waals surface area (Å²) in [5, 5.41) is 19.4. The lowest BCUT2D eigenvalue weighted by Crippen LogP contribution is -2.21. The number of carbonyl (C=O) groups excluding carboxylic acids is 1. The molecule has 3 N–H and O–H groups in total. The van der Waals surface area contributed by atoms with Crippen LogP contribution in [-0.2, 0) is 6.61 Å². The zero-order valence-electron chi connectivity index (χ0n) is 12.6. The van der Waals surface area contributed by atoms with Crippen LogP contribution in [0, 0.1) is 0 Å². The van der Waals surface area contributed by atoms with Gasteiger partial charge in [-0.2, -0.15) is 5.10 Å². The lowest BCUT2D eigenvalue weighted by Gasteiger charge is -2.10. The van der Waals surface area contributed by atoms with Gasteiger partial charge in [0.05, 0.1) is 18.5 Å². The van der Waals surface area contributed by atoms with Crippen molar-refractivity contribution in [3.05, 3.63) is 71.4 Å². The Morgan fingerprint density at radius 2 is 1.75 bits per heavy atom. The number of nitrogens with zero attached hydrogens (tertiary/aromatic N) is 2. The van der Waals surface area contributed by atoms with E-state index in [0.717, 1.165) is 11.3 Å². The molecule has 3 aromatic rings. The molecule has 0 unspecified atom stereocenters. The zero-order valence-corrected chi connectivity index (χ0v) is 13.4. The van der Waals surface area contributed by atoms with E-state index in [4.69, 9.17) is 16.7 Å². The molecule has 0 fully saturated rings. The Labute approximate surface area is 143 Å². The van der Waals surface area contributed by atoms with Gasteiger partial charge in [0, 0.05) is 16.8 Å². The van der Waals surface area contributed by atoms with E-state index in [2.05, 4.69) is 15.7 Å². The van der Waals surface area contributed by atoms with Gasteiger partial charge in [0.25, 0.3) is 0 Å². The lowest BCUT2D eigenvalue weighted by molar-refractivity contribution is 0.262. The summed E-state index contributed by atoms with van der Waals surface area (Å²) in [6.45, 7) is -0.0198. The number of hydrogen-bond donors (Lipinski definition) is 3. The van der Waals surface area contributed by atoms with Crippen molar-refractivity contribution in [2.75, 3.05) is 10.6 Å². The largest absolute Gasteiger partial charge is 0.392 e. The van der Waals surface area contributed by atoms with Crippen molar-refractivity contribution >= 4 is 29.1 Å². The summed E-state index contributed by atoms with van der Waals surface area (Å²) in [4.78, 5) is 12.1. The van der Waals surface area contributed by atoms with Gasteiger partial charge in [-0.1, -0.05) is 23.7 Å². The number of aliphatic hydroxyl groups excluding tert-OH is 1. The number of urea groups is 1. The minimum atomic E-state index is -0.383. The van der Waals surface area contributed by atoms with Crippen LogP contribution in [0.2, 0.25) is 5.02 Å². The van der Waals surface area contributed by atoms with E-state index in [-0.39, 0.29) is 12.6 Å². The van der Waals surface area contributed by atoms with Crippen LogP contribution < -0.4 is 10.6 Å². The first-order chi connectivity index (χ1) is 11.7. The van der Waals surface area contributed by atoms with E-state index in [1.807, 2.05) is 12.1 Å². The average molecular weight is 343 g/mol. The van der Waals surface area contributed by atoms with Crippen LogP contribution in [0.3, 0.4) is 0 Å². The van der Waals surface area contributed by atoms with Crippen LogP contribution in [0.25, 0.3) is 5.69 Å². The first kappa shape index (κ1) is 16.0. The fourth-order valence-corrected chi connectivity index (χ4v) is 2.28. The molecule has 0 saturated carbocycles. The number of rotatable bonds is 4. The molecule has 6 nitrogen and oxygen atoms in total. The van der Waals surface area contributed by atoms with Crippen molar-refractivity contribution in [3.63, 3.8) is 0 Å². The third-order valence-electron chi connectivity index (χ3n) is 3.35. The minimum absolute atomic E-state index is 0.0198. The van der Waals surface area contributed by atoms with Crippen LogP contribution in [0.5, 0.6) is 0 Å². The van der Waals surface area contributed by atoms with Gasteiger partial charge in [-0.3, -0.25) is 5.32 Å². The molecular formula is C17H15ClN4O2. The molecule has 2 aromatic carbocycles. The first-order valence-corrected chi connectivity index (χ1v) is 7.61. The Kier molecular flexibility index (Phi) is 4.79. The lowest BCUT2D eigenvalue weighted by atomic mass is 10.2. The van der Waals surface area contributed by atoms with Gasteiger partial charge in [0.15, 0.2) is 0 Å². The molecule has 0 aliphatic rings. The minimum Gasteiger partial charge on any atom is -0.392 e. The van der Waals surface area contributed by atoms with Gasteiger partial charge >= 0.3 is 6.03 Å². The Bertz CT molecular complexity index is 829. The first-order valence-electron chi connectivity index (χ1n) is 7.23. The van der Waals surface area contributed by atoms with E-state index in [0.29, 0.717) is 16.5 Å². The molecule has 0 aliphatic carbocycles. The van der Waals surface area contributed by atoms with Crippen LogP contribution in [0.15, 0.2) is 60.8 Å². The number of hydrogen-bond acceptors (Lipinski definition) is 3. The Hall–Kier alpha value is -2.83. The number of anilines is 2. The SMILES string of the molecule is O=C(Nc1ccc(Cl)cc1)Nc1ccnn1-c1ccc(CO)cc1. The molecule has 0 aliphatic heterocycles. The Morgan fingerprint density at radius 1 is 1.04 bits per heavy atom. The number of benzene rings is 2. The molecule has 1 heterocycles. The fraction of sp³-hybridized carbons (Fsp3) is 0.0588. The summed E-state index contributed by atoms with van der Waals surface area (Å²) in [6, 6.07) is 15.4. The van der Waals surface area contributed by atoms with Gasteiger partial charge in [0.2, 0.25) is 0 Å². The van der Waals surface area contributed by atoms with Crippen molar-refractivity contribution in [2.45, 2.75) is 6.61 Å². The maximum absolute atomic E-state index is 12.1. The molecule has 3 rings (SSSR count). The molecule has 2 amide bonds. The highest BCUT2D eigenvalue weighted by atomic mass is 35.5. The van der Waals surface area contributed by atoms with Gasteiger partial charge in [-0.05, 0) is 42.0 Å². The average Bonchev–Trinajstić information content (AvgIpc) is 3.05. The molecule has 1 aromatic heterocycles. The number of nitrogens with one attached hydrogen (secondary N) is 2. The smallest absolute Gasteiger partial charge is 0.324 e. The molecule has 0 saturated heterocycles. The summed E-state index contributed by atoms with van der Waals surface area (Å²) in [5.41, 5.74) is 2.22. The van der Waals surface area contributed by atoms with Gasteiger partial charge < -0.3 is 10.4 Å². The quantitative estimate of drug-likeness (QED) is 0.677. The monoisotopic (exact) mass is 342 g/mol. The highest BCUT2D eigenvalue weighted by Gasteiger charge is 2.09. The highest BCUT2D eigenvalue weighted by molar-refractivity contribution is 6.30. The number of halogens is 1. The van der Waals surface area contributed by atoms with E-state index < -0.39 is 0 Å². The van der Waals surface area contributed by atoms with Gasteiger partial charge in [-0.15, -0.1) is 0 Å². The van der Waals surface area contributed by atoms with E-state index in [1.54, 1.807) is 53.3 Å². The molecule has 7 heteroatoms. The highest BCUT2D eigenvalue weighted by Crippen LogP contribution is 2.17. The van der Waals surface area contributed by atoms with Crippen molar-refractivity contribution < 1.29 is 9.90 Å². The van der Waals surface area contributed by atoms with Crippen LogP contribution in [-0.4, -0.2) is 20.9 Å². The van der Waals surface area contributed by atoms with Crippen molar-refractivity contribution in [1.29, 1.82) is 0 Å². The summed E-state index contributed by atoms with van der Waals surface area (Å²) in [6.07, 6.45) is 1.60. The summed E-state index contributed by atoms with van der Waals surface area (Å²) in [5.74, 6) is 0.526. The van der Waals surface area contributed by atoms with Gasteiger partial charge in [-0.25, -0.2) is 9.48 Å². The van der Waals surface area contributed by atoms with E-state index >= 15 is 0 Å². The molecule has 0 bridgehead atoms. The third-order valence-corrected chi connectivity index (χ3v) is 3.60. The predicted octanol–water partition coefficient (Wildman–Crippen LogP) is 3.66. The molecule has 122 valence electrons. The standard InChI is InChI=1S/C17H15ClN4O2/c18-13-3-5-14(6-4-13)20-17(24)21-16-9-10-19-22(16)15-7-1-12(11-23)2-8-15/h1-10,23H,11H2,(H2,20,21,24). The van der Waals surface area contributed by atoms with Crippen molar-refractivity contribution in [3.8, 4) is 5.69 Å². The summed E-state index contributed by atoms with van der Waals surface area (Å²) in [7, 11) is 0. The molecule has 0 radical (unpaired) electrons. The Morgan fingerprint density at radius 3 is 2.42 bits per heavy atom. The third kappa shape index (κ3) is 3.73. The zero-order chi connectivity index (χ0) is 16.9. The number of aliphatic hydroxyl groups is 1. The normalized spacial score (nSPS) is 10.4. The predicted molar refractivity (Wildman–Crippen MR) is 93.6 cm³/mol. The topological polar surface area (TPSA) is 79.2 Å². The number of carbonyl (C=O) groups is 1. The Balaban J connectivity index is 1.72. The second kappa shape index (κ2) is 7.16. The van der Waals surface area contributed by atoms with Crippen LogP contribution >= 0.6 is 11.6 Å². The fourth-order valence-electron chi connectivity index (χ4n) is 2.16. The van der Waals surface area contributed by atoms with Crippen molar-refractivity contribution in [2.24, 2.45) is 0 Å². The maximum Gasteiger partial charge on any atom is 0.324 e.